The van der Waals surface area contributed by atoms with Crippen LogP contribution in [0.25, 0.3) is 10.9 Å². The lowest BCUT2D eigenvalue weighted by atomic mass is 9.92. The van der Waals surface area contributed by atoms with Crippen LogP contribution in [0.3, 0.4) is 0 Å². The molecule has 92 valence electrons. The minimum atomic E-state index is -0.175. The Hall–Kier alpha value is -1.32. The van der Waals surface area contributed by atoms with Gasteiger partial charge in [-0.25, -0.2) is 0 Å². The second-order valence-corrected chi connectivity index (χ2v) is 5.32. The van der Waals surface area contributed by atoms with E-state index in [1.54, 1.807) is 0 Å². The molecule has 0 fully saturated rings. The molecule has 1 unspecified atom stereocenters. The number of para-hydroxylation sites is 1. The average molecular weight is 231 g/mol. The molecule has 0 spiro atoms. The first kappa shape index (κ1) is 12.1. The molecule has 17 heavy (non-hydrogen) atoms. The van der Waals surface area contributed by atoms with Gasteiger partial charge in [0.25, 0.3) is 0 Å². The Morgan fingerprint density at radius 1 is 1.35 bits per heavy atom. The van der Waals surface area contributed by atoms with Crippen LogP contribution in [-0.4, -0.2) is 17.6 Å². The summed E-state index contributed by atoms with van der Waals surface area (Å²) in [4.78, 5) is 3.31. The van der Waals surface area contributed by atoms with Gasteiger partial charge in [0.05, 0.1) is 0 Å². The highest BCUT2D eigenvalue weighted by Crippen LogP contribution is 2.28. The summed E-state index contributed by atoms with van der Waals surface area (Å²) >= 11 is 0. The van der Waals surface area contributed by atoms with Crippen molar-refractivity contribution in [2.75, 3.05) is 7.05 Å². The van der Waals surface area contributed by atoms with Crippen LogP contribution < -0.4 is 11.1 Å². The summed E-state index contributed by atoms with van der Waals surface area (Å²) in [6, 6.07) is 8.64. The number of H-pyrrole nitrogens is 1. The second-order valence-electron chi connectivity index (χ2n) is 5.32. The Morgan fingerprint density at radius 2 is 2.06 bits per heavy atom. The van der Waals surface area contributed by atoms with Crippen molar-refractivity contribution in [2.24, 2.45) is 5.73 Å². The Balaban J connectivity index is 2.37. The highest BCUT2D eigenvalue weighted by molar-refractivity contribution is 5.83. The van der Waals surface area contributed by atoms with Crippen molar-refractivity contribution in [1.29, 1.82) is 0 Å². The first-order valence-electron chi connectivity index (χ1n) is 6.03. The third-order valence-electron chi connectivity index (χ3n) is 3.08. The molecule has 1 aromatic carbocycles. The van der Waals surface area contributed by atoms with Gasteiger partial charge in [0.1, 0.15) is 0 Å². The van der Waals surface area contributed by atoms with Gasteiger partial charge >= 0.3 is 0 Å². The molecule has 0 saturated carbocycles. The van der Waals surface area contributed by atoms with E-state index < -0.39 is 0 Å². The standard InChI is InChI=1S/C14H21N3/c1-14(2,15)8-13(16-3)11-9-17-12-7-5-4-6-10(11)12/h4-7,9,13,16-17H,8,15H2,1-3H3. The number of aromatic nitrogens is 1. The SMILES string of the molecule is CNC(CC(C)(C)N)c1c[nH]c2ccccc12. The average Bonchev–Trinajstić information content (AvgIpc) is 2.68. The summed E-state index contributed by atoms with van der Waals surface area (Å²) in [6.07, 6.45) is 2.99. The van der Waals surface area contributed by atoms with Crippen molar-refractivity contribution in [1.82, 2.24) is 10.3 Å². The van der Waals surface area contributed by atoms with Crippen LogP contribution in [-0.2, 0) is 0 Å². The molecule has 1 aromatic heterocycles. The van der Waals surface area contributed by atoms with Crippen LogP contribution in [0.5, 0.6) is 0 Å². The maximum atomic E-state index is 6.11. The molecule has 0 aliphatic heterocycles. The molecule has 0 amide bonds. The molecule has 3 heteroatoms. The number of nitrogens with one attached hydrogen (secondary N) is 2. The third kappa shape index (κ3) is 2.68. The lowest BCUT2D eigenvalue weighted by molar-refractivity contribution is 0.397. The molecule has 0 aliphatic carbocycles. The van der Waals surface area contributed by atoms with Crippen LogP contribution in [0, 0.1) is 0 Å². The van der Waals surface area contributed by atoms with E-state index in [0.717, 1.165) is 6.42 Å². The van der Waals surface area contributed by atoms with E-state index in [9.17, 15) is 0 Å². The predicted molar refractivity (Wildman–Crippen MR) is 73.0 cm³/mol. The molecule has 4 N–H and O–H groups in total. The lowest BCUT2D eigenvalue weighted by Crippen LogP contribution is -2.36. The molecule has 3 nitrogen and oxygen atoms in total. The number of fused-ring (bicyclic) bond motifs is 1. The van der Waals surface area contributed by atoms with Crippen LogP contribution >= 0.6 is 0 Å². The van der Waals surface area contributed by atoms with E-state index in [4.69, 9.17) is 5.73 Å². The third-order valence-corrected chi connectivity index (χ3v) is 3.08. The van der Waals surface area contributed by atoms with E-state index in [2.05, 4.69) is 48.5 Å². The lowest BCUT2D eigenvalue weighted by Gasteiger charge is -2.25. The van der Waals surface area contributed by atoms with Gasteiger partial charge in [-0.1, -0.05) is 18.2 Å². The highest BCUT2D eigenvalue weighted by atomic mass is 14.9. The molecular formula is C14H21N3. The molecule has 0 radical (unpaired) electrons. The molecule has 2 aromatic rings. The number of hydrogen-bond donors (Lipinski definition) is 3. The van der Waals surface area contributed by atoms with Crippen molar-refractivity contribution in [3.63, 3.8) is 0 Å². The van der Waals surface area contributed by atoms with Crippen molar-refractivity contribution in [3.8, 4) is 0 Å². The first-order valence-corrected chi connectivity index (χ1v) is 6.03. The molecule has 2 rings (SSSR count). The first-order chi connectivity index (χ1) is 8.01. The zero-order chi connectivity index (χ0) is 12.5. The van der Waals surface area contributed by atoms with Crippen molar-refractivity contribution < 1.29 is 0 Å². The zero-order valence-electron chi connectivity index (χ0n) is 10.7. The summed E-state index contributed by atoms with van der Waals surface area (Å²) in [7, 11) is 1.98. The van der Waals surface area contributed by atoms with E-state index in [1.165, 1.54) is 16.5 Å². The normalized spacial score (nSPS) is 14.1. The molecule has 0 aliphatic rings. The predicted octanol–water partition coefficient (Wildman–Crippen LogP) is 2.56. The smallest absolute Gasteiger partial charge is 0.0457 e. The molecule has 0 saturated heterocycles. The number of nitrogens with two attached hydrogens (primary N) is 1. The van der Waals surface area contributed by atoms with Crippen molar-refractivity contribution in [3.05, 3.63) is 36.0 Å². The van der Waals surface area contributed by atoms with Gasteiger partial charge in [-0.3, -0.25) is 0 Å². The Bertz CT molecular complexity index is 493. The maximum absolute atomic E-state index is 6.11. The van der Waals surface area contributed by atoms with Crippen LogP contribution in [0.1, 0.15) is 31.9 Å². The fourth-order valence-corrected chi connectivity index (χ4v) is 2.28. The van der Waals surface area contributed by atoms with Crippen LogP contribution in [0.2, 0.25) is 0 Å². The Labute approximate surface area is 102 Å². The minimum Gasteiger partial charge on any atom is -0.361 e. The number of aromatic amines is 1. The summed E-state index contributed by atoms with van der Waals surface area (Å²) in [5.74, 6) is 0. The van der Waals surface area contributed by atoms with Gasteiger partial charge < -0.3 is 16.0 Å². The minimum absolute atomic E-state index is 0.175. The fraction of sp³-hybridized carbons (Fsp3) is 0.429. The van der Waals surface area contributed by atoms with E-state index >= 15 is 0 Å². The monoisotopic (exact) mass is 231 g/mol. The van der Waals surface area contributed by atoms with Gasteiger partial charge in [0, 0.05) is 28.7 Å². The number of hydrogen-bond acceptors (Lipinski definition) is 2. The van der Waals surface area contributed by atoms with Crippen LogP contribution in [0.15, 0.2) is 30.5 Å². The van der Waals surface area contributed by atoms with Gasteiger partial charge in [0.2, 0.25) is 0 Å². The number of benzene rings is 1. The topological polar surface area (TPSA) is 53.8 Å². The summed E-state index contributed by atoms with van der Waals surface area (Å²) < 4.78 is 0. The second kappa shape index (κ2) is 4.51. The largest absolute Gasteiger partial charge is 0.361 e. The van der Waals surface area contributed by atoms with E-state index in [0.29, 0.717) is 0 Å². The highest BCUT2D eigenvalue weighted by Gasteiger charge is 2.21. The van der Waals surface area contributed by atoms with Gasteiger partial charge in [-0.05, 0) is 38.9 Å². The molecule has 1 atom stereocenters. The quantitative estimate of drug-likeness (QED) is 0.757. The number of rotatable bonds is 4. The van der Waals surface area contributed by atoms with Crippen LogP contribution in [0.4, 0.5) is 0 Å². The summed E-state index contributed by atoms with van der Waals surface area (Å²) in [5.41, 5.74) is 8.41. The van der Waals surface area contributed by atoms with Crippen molar-refractivity contribution >= 4 is 10.9 Å². The zero-order valence-corrected chi connectivity index (χ0v) is 10.7. The van der Waals surface area contributed by atoms with E-state index in [-0.39, 0.29) is 11.6 Å². The Kier molecular flexibility index (Phi) is 3.22. The molecular weight excluding hydrogens is 210 g/mol. The molecule has 1 heterocycles. The summed E-state index contributed by atoms with van der Waals surface area (Å²) in [6.45, 7) is 4.12. The van der Waals surface area contributed by atoms with Gasteiger partial charge in [0.15, 0.2) is 0 Å². The molecule has 0 bridgehead atoms. The van der Waals surface area contributed by atoms with Crippen molar-refractivity contribution in [2.45, 2.75) is 31.8 Å². The fourth-order valence-electron chi connectivity index (χ4n) is 2.28. The Morgan fingerprint density at radius 3 is 2.71 bits per heavy atom. The maximum Gasteiger partial charge on any atom is 0.0457 e. The van der Waals surface area contributed by atoms with Gasteiger partial charge in [-0.15, -0.1) is 0 Å². The summed E-state index contributed by atoms with van der Waals surface area (Å²) in [5, 5.41) is 4.63. The van der Waals surface area contributed by atoms with Gasteiger partial charge in [-0.2, -0.15) is 0 Å². The van der Waals surface area contributed by atoms with E-state index in [1.807, 2.05) is 13.1 Å².